The van der Waals surface area contributed by atoms with E-state index in [-0.39, 0.29) is 6.61 Å². The molecule has 0 saturated carbocycles. The highest BCUT2D eigenvalue weighted by Gasteiger charge is 2.19. The minimum Gasteiger partial charge on any atom is -0.482 e. The lowest BCUT2D eigenvalue weighted by atomic mass is 9.83. The minimum absolute atomic E-state index is 0.259. The highest BCUT2D eigenvalue weighted by atomic mass is 16.5. The van der Waals surface area contributed by atoms with Gasteiger partial charge in [-0.05, 0) is 42.4 Å². The summed E-state index contributed by atoms with van der Waals surface area (Å²) in [6.45, 7) is 1.95. The molecule has 0 heterocycles. The topological polar surface area (TPSA) is 46.5 Å². The molecule has 0 fully saturated rings. The fraction of sp³-hybridized carbons (Fsp3) is 0.462. The van der Waals surface area contributed by atoms with Crippen LogP contribution in [0.15, 0.2) is 18.2 Å². The van der Waals surface area contributed by atoms with Crippen molar-refractivity contribution in [1.29, 1.82) is 0 Å². The summed E-state index contributed by atoms with van der Waals surface area (Å²) in [4.78, 5) is 10.5. The lowest BCUT2D eigenvalue weighted by molar-refractivity contribution is -0.139. The van der Waals surface area contributed by atoms with E-state index in [1.54, 1.807) is 0 Å². The third kappa shape index (κ3) is 2.18. The average Bonchev–Trinajstić information content (AvgIpc) is 2.27. The maximum atomic E-state index is 10.5. The second-order valence-corrected chi connectivity index (χ2v) is 4.30. The second-order valence-electron chi connectivity index (χ2n) is 4.30. The Kier molecular flexibility index (Phi) is 3.13. The van der Waals surface area contributed by atoms with Crippen molar-refractivity contribution in [2.24, 2.45) is 0 Å². The van der Waals surface area contributed by atoms with Crippen molar-refractivity contribution in [2.75, 3.05) is 6.61 Å². The van der Waals surface area contributed by atoms with Crippen molar-refractivity contribution < 1.29 is 14.6 Å². The summed E-state index contributed by atoms with van der Waals surface area (Å²) in [6, 6.07) is 5.92. The summed E-state index contributed by atoms with van der Waals surface area (Å²) in [5, 5.41) is 8.61. The SMILES string of the molecule is CC1CCCc2c(OCC(=O)O)cccc21. The van der Waals surface area contributed by atoms with E-state index >= 15 is 0 Å². The molecule has 0 amide bonds. The third-order valence-corrected chi connectivity index (χ3v) is 3.12. The first-order valence-corrected chi connectivity index (χ1v) is 5.65. The predicted molar refractivity (Wildman–Crippen MR) is 60.9 cm³/mol. The van der Waals surface area contributed by atoms with Gasteiger partial charge in [-0.2, -0.15) is 0 Å². The van der Waals surface area contributed by atoms with E-state index in [4.69, 9.17) is 9.84 Å². The number of hydrogen-bond donors (Lipinski definition) is 1. The molecule has 1 unspecified atom stereocenters. The smallest absolute Gasteiger partial charge is 0.341 e. The second kappa shape index (κ2) is 4.56. The van der Waals surface area contributed by atoms with Gasteiger partial charge in [-0.1, -0.05) is 19.1 Å². The Balaban J connectivity index is 2.25. The van der Waals surface area contributed by atoms with Gasteiger partial charge in [-0.3, -0.25) is 0 Å². The van der Waals surface area contributed by atoms with Crippen LogP contribution in [0.3, 0.4) is 0 Å². The number of aliphatic carboxylic acids is 1. The number of rotatable bonds is 3. The van der Waals surface area contributed by atoms with Crippen LogP contribution in [0.5, 0.6) is 5.75 Å². The summed E-state index contributed by atoms with van der Waals surface area (Å²) < 4.78 is 5.31. The normalized spacial score (nSPS) is 18.9. The van der Waals surface area contributed by atoms with Crippen LogP contribution in [0.2, 0.25) is 0 Å². The van der Waals surface area contributed by atoms with Gasteiger partial charge < -0.3 is 9.84 Å². The van der Waals surface area contributed by atoms with Gasteiger partial charge >= 0.3 is 5.97 Å². The summed E-state index contributed by atoms with van der Waals surface area (Å²) in [5.74, 6) is 0.366. The molecule has 0 bridgehead atoms. The monoisotopic (exact) mass is 220 g/mol. The first kappa shape index (κ1) is 11.0. The van der Waals surface area contributed by atoms with Crippen LogP contribution in [-0.4, -0.2) is 17.7 Å². The number of carbonyl (C=O) groups is 1. The van der Waals surface area contributed by atoms with Crippen molar-refractivity contribution in [3.8, 4) is 5.75 Å². The molecule has 2 rings (SSSR count). The van der Waals surface area contributed by atoms with Crippen molar-refractivity contribution in [2.45, 2.75) is 32.1 Å². The van der Waals surface area contributed by atoms with E-state index in [1.807, 2.05) is 12.1 Å². The Hall–Kier alpha value is -1.51. The Morgan fingerprint density at radius 2 is 2.38 bits per heavy atom. The molecule has 16 heavy (non-hydrogen) atoms. The molecule has 1 aromatic carbocycles. The van der Waals surface area contributed by atoms with Crippen LogP contribution in [0.1, 0.15) is 36.8 Å². The molecule has 0 saturated heterocycles. The highest BCUT2D eigenvalue weighted by Crippen LogP contribution is 2.36. The molecule has 1 atom stereocenters. The number of ether oxygens (including phenoxy) is 1. The first-order valence-electron chi connectivity index (χ1n) is 5.65. The lowest BCUT2D eigenvalue weighted by Gasteiger charge is -2.24. The summed E-state index contributed by atoms with van der Waals surface area (Å²) in [6.07, 6.45) is 3.35. The number of carboxylic acids is 1. The number of carboxylic acid groups (broad SMARTS) is 1. The van der Waals surface area contributed by atoms with Crippen molar-refractivity contribution in [3.05, 3.63) is 29.3 Å². The molecule has 3 heteroatoms. The van der Waals surface area contributed by atoms with Gasteiger partial charge in [0.2, 0.25) is 0 Å². The fourth-order valence-corrected chi connectivity index (χ4v) is 2.33. The van der Waals surface area contributed by atoms with Crippen molar-refractivity contribution in [1.82, 2.24) is 0 Å². The zero-order chi connectivity index (χ0) is 11.5. The molecule has 1 aliphatic rings. The molecular weight excluding hydrogens is 204 g/mol. The van der Waals surface area contributed by atoms with E-state index < -0.39 is 5.97 Å². The Morgan fingerprint density at radius 3 is 3.12 bits per heavy atom. The highest BCUT2D eigenvalue weighted by molar-refractivity contribution is 5.68. The van der Waals surface area contributed by atoms with Gasteiger partial charge in [0.25, 0.3) is 0 Å². The van der Waals surface area contributed by atoms with Crippen LogP contribution >= 0.6 is 0 Å². The predicted octanol–water partition coefficient (Wildman–Crippen LogP) is 2.59. The van der Waals surface area contributed by atoms with Crippen LogP contribution in [0.4, 0.5) is 0 Å². The van der Waals surface area contributed by atoms with Crippen molar-refractivity contribution >= 4 is 5.97 Å². The van der Waals surface area contributed by atoms with Crippen molar-refractivity contribution in [3.63, 3.8) is 0 Å². The zero-order valence-electron chi connectivity index (χ0n) is 9.40. The maximum Gasteiger partial charge on any atom is 0.341 e. The largest absolute Gasteiger partial charge is 0.482 e. The number of benzene rings is 1. The lowest BCUT2D eigenvalue weighted by Crippen LogP contribution is -2.13. The van der Waals surface area contributed by atoms with Gasteiger partial charge in [-0.15, -0.1) is 0 Å². The molecule has 3 nitrogen and oxygen atoms in total. The molecule has 1 aromatic rings. The number of fused-ring (bicyclic) bond motifs is 1. The first-order chi connectivity index (χ1) is 7.68. The van der Waals surface area contributed by atoms with Gasteiger partial charge in [-0.25, -0.2) is 4.79 Å². The molecule has 0 radical (unpaired) electrons. The van der Waals surface area contributed by atoms with Crippen LogP contribution in [0.25, 0.3) is 0 Å². The molecule has 0 aromatic heterocycles. The Morgan fingerprint density at radius 1 is 1.56 bits per heavy atom. The summed E-state index contributed by atoms with van der Waals surface area (Å²) in [7, 11) is 0. The Bertz CT molecular complexity index is 398. The summed E-state index contributed by atoms with van der Waals surface area (Å²) in [5.41, 5.74) is 2.51. The van der Waals surface area contributed by atoms with E-state index in [9.17, 15) is 4.79 Å². The van der Waals surface area contributed by atoms with Gasteiger partial charge in [0.15, 0.2) is 6.61 Å². The van der Waals surface area contributed by atoms with Crippen LogP contribution in [0, 0.1) is 0 Å². The van der Waals surface area contributed by atoms with E-state index in [1.165, 1.54) is 17.5 Å². The molecule has 0 spiro atoms. The standard InChI is InChI=1S/C13H16O3/c1-9-4-2-6-11-10(9)5-3-7-12(11)16-8-13(14)15/h3,5,7,9H,2,4,6,8H2,1H3,(H,14,15). The zero-order valence-corrected chi connectivity index (χ0v) is 9.40. The number of hydrogen-bond acceptors (Lipinski definition) is 2. The fourth-order valence-electron chi connectivity index (χ4n) is 2.33. The molecular formula is C13H16O3. The van der Waals surface area contributed by atoms with Gasteiger partial charge in [0.05, 0.1) is 0 Å². The van der Waals surface area contributed by atoms with Crippen LogP contribution < -0.4 is 4.74 Å². The van der Waals surface area contributed by atoms with Gasteiger partial charge in [0, 0.05) is 0 Å². The minimum atomic E-state index is -0.929. The van der Waals surface area contributed by atoms with Gasteiger partial charge in [0.1, 0.15) is 5.75 Å². The average molecular weight is 220 g/mol. The molecule has 1 aliphatic carbocycles. The summed E-state index contributed by atoms with van der Waals surface area (Å²) >= 11 is 0. The molecule has 1 N–H and O–H groups in total. The van der Waals surface area contributed by atoms with E-state index in [0.29, 0.717) is 5.92 Å². The maximum absolute atomic E-state index is 10.5. The van der Waals surface area contributed by atoms with Crippen LogP contribution in [-0.2, 0) is 11.2 Å². The molecule has 86 valence electrons. The van der Waals surface area contributed by atoms with E-state index in [2.05, 4.69) is 13.0 Å². The Labute approximate surface area is 95.0 Å². The van der Waals surface area contributed by atoms with E-state index in [0.717, 1.165) is 18.6 Å². The third-order valence-electron chi connectivity index (χ3n) is 3.12. The quantitative estimate of drug-likeness (QED) is 0.851. The molecule has 0 aliphatic heterocycles.